The molecule has 1 amide bonds. The number of hydrogen-bond donors (Lipinski definition) is 1. The van der Waals surface area contributed by atoms with Gasteiger partial charge in [-0.25, -0.2) is 4.98 Å². The summed E-state index contributed by atoms with van der Waals surface area (Å²) < 4.78 is 1.99. The summed E-state index contributed by atoms with van der Waals surface area (Å²) >= 11 is 0. The number of hydrogen-bond acceptors (Lipinski definition) is 2. The van der Waals surface area contributed by atoms with Crippen LogP contribution in [0.3, 0.4) is 0 Å². The van der Waals surface area contributed by atoms with Gasteiger partial charge in [-0.15, -0.1) is 0 Å². The van der Waals surface area contributed by atoms with Gasteiger partial charge in [-0.1, -0.05) is 33.4 Å². The third-order valence-corrected chi connectivity index (χ3v) is 4.10. The maximum absolute atomic E-state index is 12.2. The average molecular weight is 283 g/mol. The molecule has 2 heterocycles. The summed E-state index contributed by atoms with van der Waals surface area (Å²) in [6.07, 6.45) is 3.36. The standard InChI is InChI=1S/C17H21N3O/c1-11-5-8-14(16(21)19-11)20-10-18-13-7-6-12(9-15(13)20)17(2,3)4/h6-7,9-10,14H,1,5,8H2,2-4H3,(H,19,21). The summed E-state index contributed by atoms with van der Waals surface area (Å²) in [6.45, 7) is 10.4. The predicted molar refractivity (Wildman–Crippen MR) is 84.0 cm³/mol. The summed E-state index contributed by atoms with van der Waals surface area (Å²) in [5, 5.41) is 2.85. The van der Waals surface area contributed by atoms with E-state index in [0.29, 0.717) is 0 Å². The van der Waals surface area contributed by atoms with Crippen LogP contribution in [0, 0.1) is 0 Å². The summed E-state index contributed by atoms with van der Waals surface area (Å²) in [6, 6.07) is 6.10. The largest absolute Gasteiger partial charge is 0.329 e. The third kappa shape index (κ3) is 2.46. The highest BCUT2D eigenvalue weighted by Gasteiger charge is 2.27. The number of carbonyl (C=O) groups is 1. The molecule has 3 rings (SSSR count). The van der Waals surface area contributed by atoms with E-state index in [-0.39, 0.29) is 17.4 Å². The summed E-state index contributed by atoms with van der Waals surface area (Å²) in [5.74, 6) is 0.00621. The van der Waals surface area contributed by atoms with Crippen molar-refractivity contribution in [3.63, 3.8) is 0 Å². The Labute approximate surface area is 124 Å². The fraction of sp³-hybridized carbons (Fsp3) is 0.412. The van der Waals surface area contributed by atoms with Crippen molar-refractivity contribution in [1.82, 2.24) is 14.9 Å². The van der Waals surface area contributed by atoms with Crippen LogP contribution in [0.25, 0.3) is 11.0 Å². The second-order valence-electron chi connectivity index (χ2n) is 6.75. The number of benzene rings is 1. The summed E-state index contributed by atoms with van der Waals surface area (Å²) in [4.78, 5) is 16.6. The van der Waals surface area contributed by atoms with Gasteiger partial charge in [-0.2, -0.15) is 0 Å². The minimum atomic E-state index is -0.198. The molecule has 1 aliphatic rings. The minimum Gasteiger partial charge on any atom is -0.329 e. The molecule has 4 nitrogen and oxygen atoms in total. The van der Waals surface area contributed by atoms with Crippen molar-refractivity contribution >= 4 is 16.9 Å². The lowest BCUT2D eigenvalue weighted by Crippen LogP contribution is -2.36. The molecular weight excluding hydrogens is 262 g/mol. The number of imidazole rings is 1. The summed E-state index contributed by atoms with van der Waals surface area (Å²) in [5.41, 5.74) is 4.08. The highest BCUT2D eigenvalue weighted by molar-refractivity contribution is 5.86. The third-order valence-electron chi connectivity index (χ3n) is 4.10. The zero-order chi connectivity index (χ0) is 15.2. The Balaban J connectivity index is 2.07. The Bertz CT molecular complexity index is 721. The van der Waals surface area contributed by atoms with Gasteiger partial charge in [0.2, 0.25) is 5.91 Å². The van der Waals surface area contributed by atoms with E-state index in [9.17, 15) is 4.79 Å². The molecule has 1 aliphatic heterocycles. The normalized spacial score (nSPS) is 19.9. The lowest BCUT2D eigenvalue weighted by molar-refractivity contribution is -0.124. The number of fused-ring (bicyclic) bond motifs is 1. The van der Waals surface area contributed by atoms with Crippen LogP contribution in [-0.4, -0.2) is 15.5 Å². The Morgan fingerprint density at radius 1 is 1.38 bits per heavy atom. The maximum Gasteiger partial charge on any atom is 0.247 e. The van der Waals surface area contributed by atoms with Crippen LogP contribution in [0.4, 0.5) is 0 Å². The quantitative estimate of drug-likeness (QED) is 0.873. The van der Waals surface area contributed by atoms with Gasteiger partial charge >= 0.3 is 0 Å². The smallest absolute Gasteiger partial charge is 0.247 e. The second-order valence-corrected chi connectivity index (χ2v) is 6.75. The van der Waals surface area contributed by atoms with E-state index >= 15 is 0 Å². The van der Waals surface area contributed by atoms with Crippen molar-refractivity contribution in [3.05, 3.63) is 42.4 Å². The number of rotatable bonds is 1. The Morgan fingerprint density at radius 2 is 2.14 bits per heavy atom. The first-order valence-electron chi connectivity index (χ1n) is 7.32. The predicted octanol–water partition coefficient (Wildman–Crippen LogP) is 3.30. The van der Waals surface area contributed by atoms with Crippen LogP contribution >= 0.6 is 0 Å². The van der Waals surface area contributed by atoms with Crippen molar-refractivity contribution in [3.8, 4) is 0 Å². The van der Waals surface area contributed by atoms with Gasteiger partial charge in [0, 0.05) is 5.70 Å². The molecular formula is C17H21N3O. The average Bonchev–Trinajstić information content (AvgIpc) is 2.80. The molecule has 0 aliphatic carbocycles. The molecule has 21 heavy (non-hydrogen) atoms. The van der Waals surface area contributed by atoms with Gasteiger partial charge in [0.25, 0.3) is 0 Å². The lowest BCUT2D eigenvalue weighted by atomic mass is 9.87. The molecule has 0 saturated carbocycles. The van der Waals surface area contributed by atoms with Gasteiger partial charge < -0.3 is 9.88 Å². The molecule has 0 spiro atoms. The summed E-state index contributed by atoms with van der Waals surface area (Å²) in [7, 11) is 0. The van der Waals surface area contributed by atoms with E-state index in [0.717, 1.165) is 29.6 Å². The van der Waals surface area contributed by atoms with Crippen molar-refractivity contribution in [2.75, 3.05) is 0 Å². The SMILES string of the molecule is C=C1CCC(n2cnc3ccc(C(C)(C)C)cc32)C(=O)N1. The molecule has 1 aromatic heterocycles. The number of amides is 1. The van der Waals surface area contributed by atoms with E-state index in [2.05, 4.69) is 49.8 Å². The molecule has 4 heteroatoms. The molecule has 1 fully saturated rings. The molecule has 1 unspecified atom stereocenters. The number of allylic oxidation sites excluding steroid dienone is 1. The maximum atomic E-state index is 12.2. The Hall–Kier alpha value is -2.10. The highest BCUT2D eigenvalue weighted by Crippen LogP contribution is 2.29. The van der Waals surface area contributed by atoms with Crippen molar-refractivity contribution in [1.29, 1.82) is 0 Å². The van der Waals surface area contributed by atoms with E-state index in [1.807, 2.05) is 10.6 Å². The molecule has 2 aromatic rings. The fourth-order valence-electron chi connectivity index (χ4n) is 2.77. The van der Waals surface area contributed by atoms with Crippen LogP contribution < -0.4 is 5.32 Å². The Morgan fingerprint density at radius 3 is 2.81 bits per heavy atom. The zero-order valence-corrected chi connectivity index (χ0v) is 12.8. The zero-order valence-electron chi connectivity index (χ0n) is 12.8. The second kappa shape index (κ2) is 4.72. The molecule has 0 radical (unpaired) electrons. The van der Waals surface area contributed by atoms with Crippen LogP contribution in [0.5, 0.6) is 0 Å². The molecule has 110 valence electrons. The van der Waals surface area contributed by atoms with Crippen molar-refractivity contribution < 1.29 is 4.79 Å². The molecule has 1 saturated heterocycles. The van der Waals surface area contributed by atoms with Crippen LogP contribution in [0.1, 0.15) is 45.2 Å². The van der Waals surface area contributed by atoms with Gasteiger partial charge in [0.05, 0.1) is 17.4 Å². The molecule has 1 atom stereocenters. The van der Waals surface area contributed by atoms with E-state index in [1.54, 1.807) is 6.33 Å². The first kappa shape index (κ1) is 13.9. The molecule has 0 bridgehead atoms. The van der Waals surface area contributed by atoms with Crippen LogP contribution in [-0.2, 0) is 10.2 Å². The number of nitrogens with one attached hydrogen (secondary N) is 1. The van der Waals surface area contributed by atoms with Crippen LogP contribution in [0.15, 0.2) is 36.8 Å². The number of nitrogens with zero attached hydrogens (tertiary/aromatic N) is 2. The molecule has 1 aromatic carbocycles. The van der Waals surface area contributed by atoms with Crippen molar-refractivity contribution in [2.45, 2.75) is 45.1 Å². The lowest BCUT2D eigenvalue weighted by Gasteiger charge is -2.25. The van der Waals surface area contributed by atoms with Gasteiger partial charge in [0.1, 0.15) is 6.04 Å². The first-order chi connectivity index (χ1) is 9.86. The number of aromatic nitrogens is 2. The first-order valence-corrected chi connectivity index (χ1v) is 7.32. The highest BCUT2D eigenvalue weighted by atomic mass is 16.2. The van der Waals surface area contributed by atoms with Gasteiger partial charge in [-0.3, -0.25) is 4.79 Å². The monoisotopic (exact) mass is 283 g/mol. The van der Waals surface area contributed by atoms with E-state index in [4.69, 9.17) is 0 Å². The van der Waals surface area contributed by atoms with Gasteiger partial charge in [-0.05, 0) is 36.0 Å². The van der Waals surface area contributed by atoms with E-state index in [1.165, 1.54) is 5.56 Å². The number of piperidine rings is 1. The van der Waals surface area contributed by atoms with Crippen molar-refractivity contribution in [2.24, 2.45) is 0 Å². The number of carbonyl (C=O) groups excluding carboxylic acids is 1. The topological polar surface area (TPSA) is 46.9 Å². The Kier molecular flexibility index (Phi) is 3.12. The van der Waals surface area contributed by atoms with E-state index < -0.39 is 0 Å². The van der Waals surface area contributed by atoms with Gasteiger partial charge in [0.15, 0.2) is 0 Å². The minimum absolute atomic E-state index is 0.00621. The van der Waals surface area contributed by atoms with Crippen LogP contribution in [0.2, 0.25) is 0 Å². The molecule has 1 N–H and O–H groups in total. The fourth-order valence-corrected chi connectivity index (χ4v) is 2.77.